The molecular formula is C12H8N4. The number of aromatic nitrogens is 4. The molecule has 0 aliphatic heterocycles. The fourth-order valence-electron chi connectivity index (χ4n) is 2.27. The van der Waals surface area contributed by atoms with Crippen molar-refractivity contribution in [2.24, 2.45) is 0 Å². The van der Waals surface area contributed by atoms with Crippen LogP contribution in [0.4, 0.5) is 0 Å². The lowest BCUT2D eigenvalue weighted by atomic mass is 10.0. The van der Waals surface area contributed by atoms with Crippen molar-refractivity contribution in [3.8, 4) is 0 Å². The minimum atomic E-state index is 0.989. The molecule has 0 aliphatic carbocycles. The molecule has 2 heterocycles. The van der Waals surface area contributed by atoms with Gasteiger partial charge in [-0.1, -0.05) is 6.07 Å². The van der Waals surface area contributed by atoms with Crippen LogP contribution in [0.15, 0.2) is 36.8 Å². The van der Waals surface area contributed by atoms with Gasteiger partial charge in [0.1, 0.15) is 6.33 Å². The Morgan fingerprint density at radius 2 is 1.69 bits per heavy atom. The maximum Gasteiger partial charge on any atom is 0.116 e. The summed E-state index contributed by atoms with van der Waals surface area (Å²) in [6.07, 6.45) is 3.56. The maximum absolute atomic E-state index is 4.30. The van der Waals surface area contributed by atoms with E-state index in [0.29, 0.717) is 0 Å². The van der Waals surface area contributed by atoms with Crippen molar-refractivity contribution in [1.82, 2.24) is 20.2 Å². The van der Waals surface area contributed by atoms with E-state index in [9.17, 15) is 0 Å². The normalized spacial score (nSPS) is 11.8. The van der Waals surface area contributed by atoms with Gasteiger partial charge in [0.25, 0.3) is 0 Å². The van der Waals surface area contributed by atoms with E-state index in [1.165, 1.54) is 10.8 Å². The Bertz CT molecular complexity index is 680. The van der Waals surface area contributed by atoms with E-state index in [-0.39, 0.29) is 0 Å². The van der Waals surface area contributed by atoms with Gasteiger partial charge in [0.05, 0.1) is 16.6 Å². The molecule has 0 fully saturated rings. The molecule has 0 spiro atoms. The first kappa shape index (κ1) is 7.87. The van der Waals surface area contributed by atoms with Crippen molar-refractivity contribution in [2.45, 2.75) is 0 Å². The fourth-order valence-corrected chi connectivity index (χ4v) is 2.27. The fraction of sp³-hybridized carbons (Fsp3) is 0. The highest BCUT2D eigenvalue weighted by atomic mass is 15.1. The van der Waals surface area contributed by atoms with Crippen LogP contribution >= 0.6 is 0 Å². The number of aromatic amines is 2. The Morgan fingerprint density at radius 3 is 2.56 bits per heavy atom. The van der Waals surface area contributed by atoms with Crippen LogP contribution in [0.2, 0.25) is 0 Å². The predicted molar refractivity (Wildman–Crippen MR) is 63.3 cm³/mol. The van der Waals surface area contributed by atoms with E-state index in [2.05, 4.69) is 26.2 Å². The SMILES string of the molecule is c1nc2ccc3c[nH][nH]c4ccc(n1)c2c34. The third-order valence-corrected chi connectivity index (χ3v) is 2.98. The number of H-pyrrole nitrogens is 2. The summed E-state index contributed by atoms with van der Waals surface area (Å²) in [7, 11) is 0. The predicted octanol–water partition coefficient (Wildman–Crippen LogP) is 2.59. The molecule has 0 atom stereocenters. The molecule has 2 aromatic carbocycles. The molecule has 0 unspecified atom stereocenters. The summed E-state index contributed by atoms with van der Waals surface area (Å²) in [6.45, 7) is 0. The number of rotatable bonds is 0. The van der Waals surface area contributed by atoms with E-state index in [1.807, 2.05) is 24.4 Å². The number of nitrogens with zero attached hydrogens (tertiary/aromatic N) is 2. The molecule has 0 radical (unpaired) electrons. The Hall–Kier alpha value is -2.36. The lowest BCUT2D eigenvalue weighted by Crippen LogP contribution is -1.91. The van der Waals surface area contributed by atoms with Gasteiger partial charge in [-0.05, 0) is 18.2 Å². The summed E-state index contributed by atoms with van der Waals surface area (Å²) in [5.41, 5.74) is 3.05. The van der Waals surface area contributed by atoms with Crippen LogP contribution in [0.5, 0.6) is 0 Å². The van der Waals surface area contributed by atoms with Gasteiger partial charge < -0.3 is 10.2 Å². The molecule has 76 valence electrons. The minimum Gasteiger partial charge on any atom is -0.308 e. The Morgan fingerprint density at radius 1 is 0.875 bits per heavy atom. The summed E-state index contributed by atoms with van der Waals surface area (Å²) < 4.78 is 0. The standard InChI is InChI=1S/C12H8N4/c1-2-8-12-9(14-6-13-8)3-4-10-11(12)7(1)5-15-16-10/h1-6,15-16H. The van der Waals surface area contributed by atoms with E-state index < -0.39 is 0 Å². The van der Waals surface area contributed by atoms with Gasteiger partial charge in [-0.15, -0.1) is 0 Å². The van der Waals surface area contributed by atoms with E-state index in [0.717, 1.165) is 21.9 Å². The van der Waals surface area contributed by atoms with Crippen LogP contribution < -0.4 is 0 Å². The van der Waals surface area contributed by atoms with Crippen LogP contribution in [0.3, 0.4) is 0 Å². The van der Waals surface area contributed by atoms with Gasteiger partial charge in [0, 0.05) is 22.4 Å². The zero-order chi connectivity index (χ0) is 10.5. The third kappa shape index (κ3) is 0.839. The summed E-state index contributed by atoms with van der Waals surface area (Å²) in [5.74, 6) is 0. The molecule has 0 amide bonds. The smallest absolute Gasteiger partial charge is 0.116 e. The van der Waals surface area contributed by atoms with Crippen molar-refractivity contribution in [1.29, 1.82) is 0 Å². The first-order valence-electron chi connectivity index (χ1n) is 5.11. The Balaban J connectivity index is 2.51. The Kier molecular flexibility index (Phi) is 1.28. The van der Waals surface area contributed by atoms with E-state index in [1.54, 1.807) is 6.33 Å². The molecule has 0 saturated carbocycles. The molecule has 0 aliphatic rings. The molecule has 4 nitrogen and oxygen atoms in total. The van der Waals surface area contributed by atoms with Crippen LogP contribution in [-0.2, 0) is 0 Å². The maximum atomic E-state index is 4.30. The summed E-state index contributed by atoms with van der Waals surface area (Å²) >= 11 is 0. The minimum absolute atomic E-state index is 0.989. The second-order valence-corrected chi connectivity index (χ2v) is 3.84. The van der Waals surface area contributed by atoms with Gasteiger partial charge in [0.15, 0.2) is 0 Å². The monoisotopic (exact) mass is 208 g/mol. The zero-order valence-electron chi connectivity index (χ0n) is 8.36. The van der Waals surface area contributed by atoms with Gasteiger partial charge >= 0.3 is 0 Å². The highest BCUT2D eigenvalue weighted by Crippen LogP contribution is 2.30. The average Bonchev–Trinajstić information content (AvgIpc) is 2.36. The molecule has 2 N–H and O–H groups in total. The van der Waals surface area contributed by atoms with Crippen LogP contribution in [0.25, 0.3) is 32.7 Å². The Labute approximate surface area is 90.3 Å². The highest BCUT2D eigenvalue weighted by molar-refractivity contribution is 6.19. The quantitative estimate of drug-likeness (QED) is 0.436. The second kappa shape index (κ2) is 2.61. The van der Waals surface area contributed by atoms with Crippen molar-refractivity contribution < 1.29 is 0 Å². The largest absolute Gasteiger partial charge is 0.308 e. The van der Waals surface area contributed by atoms with Gasteiger partial charge in [0.2, 0.25) is 0 Å². The lowest BCUT2D eigenvalue weighted by Gasteiger charge is -2.08. The van der Waals surface area contributed by atoms with Gasteiger partial charge in [-0.2, -0.15) is 0 Å². The van der Waals surface area contributed by atoms with Crippen molar-refractivity contribution in [3.63, 3.8) is 0 Å². The van der Waals surface area contributed by atoms with Crippen molar-refractivity contribution in [2.75, 3.05) is 0 Å². The number of benzene rings is 2. The van der Waals surface area contributed by atoms with Crippen LogP contribution in [0.1, 0.15) is 0 Å². The number of hydrogen-bond acceptors (Lipinski definition) is 2. The first-order chi connectivity index (χ1) is 7.93. The molecule has 16 heavy (non-hydrogen) atoms. The molecule has 4 rings (SSSR count). The van der Waals surface area contributed by atoms with Gasteiger partial charge in [-0.3, -0.25) is 0 Å². The molecule has 2 aromatic heterocycles. The average molecular weight is 208 g/mol. The van der Waals surface area contributed by atoms with E-state index in [4.69, 9.17) is 0 Å². The lowest BCUT2D eigenvalue weighted by molar-refractivity contribution is 1.09. The number of hydrogen-bond donors (Lipinski definition) is 2. The molecule has 4 aromatic rings. The van der Waals surface area contributed by atoms with E-state index >= 15 is 0 Å². The summed E-state index contributed by atoms with van der Waals surface area (Å²) in [6, 6.07) is 8.14. The topological polar surface area (TPSA) is 57.4 Å². The summed E-state index contributed by atoms with van der Waals surface area (Å²) in [5, 5.41) is 9.65. The first-order valence-corrected chi connectivity index (χ1v) is 5.11. The zero-order valence-corrected chi connectivity index (χ0v) is 8.36. The molecule has 0 saturated heterocycles. The molecule has 4 heteroatoms. The second-order valence-electron chi connectivity index (χ2n) is 3.84. The number of nitrogens with one attached hydrogen (secondary N) is 2. The third-order valence-electron chi connectivity index (χ3n) is 2.98. The van der Waals surface area contributed by atoms with Crippen LogP contribution in [-0.4, -0.2) is 20.2 Å². The van der Waals surface area contributed by atoms with Crippen molar-refractivity contribution >= 4 is 32.7 Å². The molecule has 0 bridgehead atoms. The van der Waals surface area contributed by atoms with Crippen molar-refractivity contribution in [3.05, 3.63) is 36.8 Å². The van der Waals surface area contributed by atoms with Gasteiger partial charge in [-0.25, -0.2) is 9.97 Å². The summed E-state index contributed by atoms with van der Waals surface area (Å²) in [4.78, 5) is 8.60. The highest BCUT2D eigenvalue weighted by Gasteiger charge is 2.08. The molecular weight excluding hydrogens is 200 g/mol. The van der Waals surface area contributed by atoms with Crippen LogP contribution in [0, 0.1) is 0 Å².